The van der Waals surface area contributed by atoms with Gasteiger partial charge in [-0.25, -0.2) is 4.98 Å². The van der Waals surface area contributed by atoms with Crippen LogP contribution < -0.4 is 0 Å². The molecule has 0 saturated heterocycles. The quantitative estimate of drug-likeness (QED) is 0.766. The van der Waals surface area contributed by atoms with Crippen LogP contribution in [-0.4, -0.2) is 9.55 Å². The second-order valence-corrected chi connectivity index (χ2v) is 4.27. The predicted octanol–water partition coefficient (Wildman–Crippen LogP) is 3.35. The molecule has 0 N–H and O–H groups in total. The van der Waals surface area contributed by atoms with Crippen molar-refractivity contribution in [3.8, 4) is 11.3 Å². The molecule has 0 fully saturated rings. The van der Waals surface area contributed by atoms with E-state index in [0.717, 1.165) is 18.5 Å². The standard InChI is InChI=1S/C14H18N2/c1-4-6-14-15-13(10-16(14)3)12-8-5-7-11(2)9-12/h5,7-10H,4,6H2,1-3H3. The van der Waals surface area contributed by atoms with E-state index in [1.165, 1.54) is 17.0 Å². The molecule has 1 heterocycles. The lowest BCUT2D eigenvalue weighted by molar-refractivity contribution is 0.759. The van der Waals surface area contributed by atoms with Crippen molar-refractivity contribution < 1.29 is 0 Å². The van der Waals surface area contributed by atoms with Gasteiger partial charge in [-0.3, -0.25) is 0 Å². The number of hydrogen-bond acceptors (Lipinski definition) is 1. The van der Waals surface area contributed by atoms with Crippen LogP contribution in [-0.2, 0) is 13.5 Å². The van der Waals surface area contributed by atoms with Crippen LogP contribution in [0.25, 0.3) is 11.3 Å². The summed E-state index contributed by atoms with van der Waals surface area (Å²) in [4.78, 5) is 4.67. The Hall–Kier alpha value is -1.57. The Labute approximate surface area is 97.0 Å². The van der Waals surface area contributed by atoms with Crippen LogP contribution in [0.3, 0.4) is 0 Å². The van der Waals surface area contributed by atoms with Crippen molar-refractivity contribution >= 4 is 0 Å². The predicted molar refractivity (Wildman–Crippen MR) is 67.4 cm³/mol. The number of aryl methyl sites for hydroxylation is 3. The Kier molecular flexibility index (Phi) is 3.09. The van der Waals surface area contributed by atoms with Gasteiger partial charge < -0.3 is 4.57 Å². The third-order valence-corrected chi connectivity index (χ3v) is 2.76. The van der Waals surface area contributed by atoms with E-state index in [1.54, 1.807) is 0 Å². The highest BCUT2D eigenvalue weighted by Crippen LogP contribution is 2.19. The molecule has 1 aromatic heterocycles. The first-order valence-corrected chi connectivity index (χ1v) is 5.80. The molecular formula is C14H18N2. The van der Waals surface area contributed by atoms with Gasteiger partial charge in [0.1, 0.15) is 5.82 Å². The van der Waals surface area contributed by atoms with Crippen molar-refractivity contribution in [2.24, 2.45) is 7.05 Å². The van der Waals surface area contributed by atoms with Crippen LogP contribution in [0.2, 0.25) is 0 Å². The van der Waals surface area contributed by atoms with E-state index in [1.807, 2.05) is 0 Å². The molecule has 0 bridgehead atoms. The summed E-state index contributed by atoms with van der Waals surface area (Å²) in [5.41, 5.74) is 3.56. The Bertz CT molecular complexity index is 483. The molecule has 0 aliphatic heterocycles. The molecule has 0 aliphatic rings. The molecule has 16 heavy (non-hydrogen) atoms. The Balaban J connectivity index is 2.37. The van der Waals surface area contributed by atoms with E-state index in [-0.39, 0.29) is 0 Å². The van der Waals surface area contributed by atoms with E-state index < -0.39 is 0 Å². The number of nitrogens with zero attached hydrogens (tertiary/aromatic N) is 2. The first-order chi connectivity index (χ1) is 7.70. The van der Waals surface area contributed by atoms with Crippen LogP contribution >= 0.6 is 0 Å². The Morgan fingerprint density at radius 1 is 1.31 bits per heavy atom. The molecule has 0 spiro atoms. The maximum atomic E-state index is 4.67. The van der Waals surface area contributed by atoms with Crippen molar-refractivity contribution in [2.45, 2.75) is 26.7 Å². The van der Waals surface area contributed by atoms with Gasteiger partial charge in [-0.2, -0.15) is 0 Å². The molecule has 84 valence electrons. The second-order valence-electron chi connectivity index (χ2n) is 4.27. The van der Waals surface area contributed by atoms with Crippen molar-refractivity contribution in [3.05, 3.63) is 41.9 Å². The van der Waals surface area contributed by atoms with Gasteiger partial charge in [-0.15, -0.1) is 0 Å². The van der Waals surface area contributed by atoms with Crippen molar-refractivity contribution in [1.82, 2.24) is 9.55 Å². The fraction of sp³-hybridized carbons (Fsp3) is 0.357. The van der Waals surface area contributed by atoms with Crippen molar-refractivity contribution in [2.75, 3.05) is 0 Å². The van der Waals surface area contributed by atoms with Gasteiger partial charge in [0.05, 0.1) is 5.69 Å². The van der Waals surface area contributed by atoms with Crippen LogP contribution in [0, 0.1) is 6.92 Å². The summed E-state index contributed by atoms with van der Waals surface area (Å²) in [6.45, 7) is 4.29. The van der Waals surface area contributed by atoms with Gasteiger partial charge in [0.25, 0.3) is 0 Å². The van der Waals surface area contributed by atoms with Gasteiger partial charge in [0.2, 0.25) is 0 Å². The molecule has 0 amide bonds. The minimum absolute atomic E-state index is 1.04. The first-order valence-electron chi connectivity index (χ1n) is 5.80. The average molecular weight is 214 g/mol. The topological polar surface area (TPSA) is 17.8 Å². The summed E-state index contributed by atoms with van der Waals surface area (Å²) >= 11 is 0. The molecule has 0 unspecified atom stereocenters. The molecule has 0 atom stereocenters. The number of imidazole rings is 1. The fourth-order valence-electron chi connectivity index (χ4n) is 1.90. The first kappa shape index (κ1) is 10.9. The summed E-state index contributed by atoms with van der Waals surface area (Å²) in [7, 11) is 2.07. The third kappa shape index (κ3) is 2.16. The maximum Gasteiger partial charge on any atom is 0.109 e. The molecule has 2 rings (SSSR count). The molecule has 2 heteroatoms. The lowest BCUT2D eigenvalue weighted by atomic mass is 10.1. The highest BCUT2D eigenvalue weighted by Gasteiger charge is 2.06. The number of aromatic nitrogens is 2. The third-order valence-electron chi connectivity index (χ3n) is 2.76. The highest BCUT2D eigenvalue weighted by atomic mass is 15.0. The second kappa shape index (κ2) is 4.52. The minimum Gasteiger partial charge on any atom is -0.337 e. The largest absolute Gasteiger partial charge is 0.337 e. The highest BCUT2D eigenvalue weighted by molar-refractivity contribution is 5.59. The van der Waals surface area contributed by atoms with E-state index in [9.17, 15) is 0 Å². The van der Waals surface area contributed by atoms with Gasteiger partial charge >= 0.3 is 0 Å². The zero-order valence-corrected chi connectivity index (χ0v) is 10.2. The van der Waals surface area contributed by atoms with E-state index >= 15 is 0 Å². The maximum absolute atomic E-state index is 4.67. The lowest BCUT2D eigenvalue weighted by Gasteiger charge is -1.97. The van der Waals surface area contributed by atoms with E-state index in [0.29, 0.717) is 0 Å². The zero-order valence-electron chi connectivity index (χ0n) is 10.2. The Morgan fingerprint density at radius 2 is 2.12 bits per heavy atom. The summed E-state index contributed by atoms with van der Waals surface area (Å²) < 4.78 is 2.13. The summed E-state index contributed by atoms with van der Waals surface area (Å²) in [5.74, 6) is 1.17. The average Bonchev–Trinajstić information content (AvgIpc) is 2.61. The number of benzene rings is 1. The molecule has 0 radical (unpaired) electrons. The molecule has 2 nitrogen and oxygen atoms in total. The van der Waals surface area contributed by atoms with E-state index in [4.69, 9.17) is 0 Å². The fourth-order valence-corrected chi connectivity index (χ4v) is 1.90. The minimum atomic E-state index is 1.04. The summed E-state index contributed by atoms with van der Waals surface area (Å²) in [5, 5.41) is 0. The molecular weight excluding hydrogens is 196 g/mol. The summed E-state index contributed by atoms with van der Waals surface area (Å²) in [6, 6.07) is 8.49. The normalized spacial score (nSPS) is 10.7. The van der Waals surface area contributed by atoms with Gasteiger partial charge in [-0.05, 0) is 19.4 Å². The van der Waals surface area contributed by atoms with Gasteiger partial charge in [0, 0.05) is 25.2 Å². The SMILES string of the molecule is CCCc1nc(-c2cccc(C)c2)cn1C. The van der Waals surface area contributed by atoms with Crippen molar-refractivity contribution in [1.29, 1.82) is 0 Å². The van der Waals surface area contributed by atoms with Crippen molar-refractivity contribution in [3.63, 3.8) is 0 Å². The molecule has 1 aromatic carbocycles. The van der Waals surface area contributed by atoms with Crippen LogP contribution in [0.1, 0.15) is 24.7 Å². The number of rotatable bonds is 3. The van der Waals surface area contributed by atoms with Crippen LogP contribution in [0.5, 0.6) is 0 Å². The molecule has 0 saturated carbocycles. The lowest BCUT2D eigenvalue weighted by Crippen LogP contribution is -1.95. The smallest absolute Gasteiger partial charge is 0.109 e. The molecule has 2 aromatic rings. The van der Waals surface area contributed by atoms with Gasteiger partial charge in [0.15, 0.2) is 0 Å². The summed E-state index contributed by atoms with van der Waals surface area (Å²) in [6.07, 6.45) is 4.29. The van der Waals surface area contributed by atoms with Crippen LogP contribution in [0.15, 0.2) is 30.5 Å². The van der Waals surface area contributed by atoms with Crippen LogP contribution in [0.4, 0.5) is 0 Å². The van der Waals surface area contributed by atoms with Gasteiger partial charge in [-0.1, -0.05) is 30.7 Å². The number of hydrogen-bond donors (Lipinski definition) is 0. The molecule has 0 aliphatic carbocycles. The zero-order chi connectivity index (χ0) is 11.5. The monoisotopic (exact) mass is 214 g/mol. The van der Waals surface area contributed by atoms with E-state index in [2.05, 4.69) is 60.9 Å². The Morgan fingerprint density at radius 3 is 2.81 bits per heavy atom.